The topological polar surface area (TPSA) is 79.2 Å². The molecule has 7 heteroatoms. The quantitative estimate of drug-likeness (QED) is 0.859. The van der Waals surface area contributed by atoms with E-state index < -0.39 is 23.8 Å². The van der Waals surface area contributed by atoms with Gasteiger partial charge >= 0.3 is 5.97 Å². The predicted octanol–water partition coefficient (Wildman–Crippen LogP) is 3.53. The van der Waals surface area contributed by atoms with Gasteiger partial charge in [-0.25, -0.2) is 9.18 Å². The number of anilines is 1. The summed E-state index contributed by atoms with van der Waals surface area (Å²) in [5, 5.41) is 11.3. The lowest BCUT2D eigenvalue weighted by Gasteiger charge is -2.14. The average Bonchev–Trinajstić information content (AvgIpc) is 2.54. The number of amides is 1. The lowest BCUT2D eigenvalue weighted by atomic mass is 10.2. The lowest BCUT2D eigenvalue weighted by molar-refractivity contribution is -0.123. The van der Waals surface area contributed by atoms with Gasteiger partial charge in [-0.2, -0.15) is 5.26 Å². The van der Waals surface area contributed by atoms with Crippen molar-refractivity contribution >= 4 is 29.2 Å². The van der Waals surface area contributed by atoms with E-state index in [4.69, 9.17) is 21.6 Å². The lowest BCUT2D eigenvalue weighted by Crippen LogP contribution is -2.30. The molecule has 24 heavy (non-hydrogen) atoms. The summed E-state index contributed by atoms with van der Waals surface area (Å²) < 4.78 is 18.0. The van der Waals surface area contributed by atoms with Gasteiger partial charge in [0.25, 0.3) is 5.91 Å². The fourth-order valence-corrected chi connectivity index (χ4v) is 2.09. The standard InChI is InChI=1S/C17H12ClFN2O3/c1-10(16(22)21-13-4-2-3-11(7-13)9-20)24-17(23)14-6-5-12(19)8-15(14)18/h2-8,10H,1H3,(H,21,22)/t10-/m1/s1. The van der Waals surface area contributed by atoms with Crippen LogP contribution in [0.25, 0.3) is 0 Å². The van der Waals surface area contributed by atoms with Crippen LogP contribution in [-0.2, 0) is 9.53 Å². The van der Waals surface area contributed by atoms with Gasteiger partial charge in [-0.3, -0.25) is 4.79 Å². The number of carbonyl (C=O) groups is 2. The molecule has 2 rings (SSSR count). The Hall–Kier alpha value is -2.91. The smallest absolute Gasteiger partial charge is 0.340 e. The Balaban J connectivity index is 2.03. The van der Waals surface area contributed by atoms with Gasteiger partial charge in [0.2, 0.25) is 0 Å². The molecule has 0 bridgehead atoms. The van der Waals surface area contributed by atoms with Crippen LogP contribution in [0.5, 0.6) is 0 Å². The van der Waals surface area contributed by atoms with Crippen molar-refractivity contribution in [1.29, 1.82) is 5.26 Å². The number of halogens is 2. The second-order valence-corrected chi connectivity index (χ2v) is 5.26. The van der Waals surface area contributed by atoms with E-state index in [1.54, 1.807) is 18.2 Å². The SMILES string of the molecule is C[C@@H](OC(=O)c1ccc(F)cc1Cl)C(=O)Nc1cccc(C#N)c1. The van der Waals surface area contributed by atoms with Gasteiger partial charge in [0.1, 0.15) is 5.82 Å². The van der Waals surface area contributed by atoms with Crippen molar-refractivity contribution in [3.8, 4) is 6.07 Å². The number of hydrogen-bond donors (Lipinski definition) is 1. The van der Waals surface area contributed by atoms with Crippen LogP contribution < -0.4 is 5.32 Å². The van der Waals surface area contributed by atoms with Crippen molar-refractivity contribution in [2.75, 3.05) is 5.32 Å². The normalized spacial score (nSPS) is 11.2. The van der Waals surface area contributed by atoms with E-state index in [0.717, 1.165) is 12.1 Å². The molecule has 0 saturated heterocycles. The Kier molecular flexibility index (Phi) is 5.51. The molecule has 0 aromatic heterocycles. The van der Waals surface area contributed by atoms with Gasteiger partial charge in [-0.05, 0) is 43.3 Å². The number of nitriles is 1. The first-order chi connectivity index (χ1) is 11.4. The number of nitrogens with one attached hydrogen (secondary N) is 1. The summed E-state index contributed by atoms with van der Waals surface area (Å²) in [5.74, 6) is -2.00. The van der Waals surface area contributed by atoms with Crippen molar-refractivity contribution < 1.29 is 18.7 Å². The maximum absolute atomic E-state index is 13.0. The highest BCUT2D eigenvalue weighted by Crippen LogP contribution is 2.19. The highest BCUT2D eigenvalue weighted by Gasteiger charge is 2.21. The fourth-order valence-electron chi connectivity index (χ4n) is 1.84. The molecule has 1 N–H and O–H groups in total. The molecule has 5 nitrogen and oxygen atoms in total. The van der Waals surface area contributed by atoms with Crippen molar-refractivity contribution in [2.45, 2.75) is 13.0 Å². The van der Waals surface area contributed by atoms with Crippen LogP contribution in [0.4, 0.5) is 10.1 Å². The maximum Gasteiger partial charge on any atom is 0.340 e. The second kappa shape index (κ2) is 7.57. The first-order valence-corrected chi connectivity index (χ1v) is 7.25. The highest BCUT2D eigenvalue weighted by atomic mass is 35.5. The number of rotatable bonds is 4. The Bertz CT molecular complexity index is 833. The molecule has 0 aliphatic rings. The zero-order valence-corrected chi connectivity index (χ0v) is 13.3. The monoisotopic (exact) mass is 346 g/mol. The molecule has 0 spiro atoms. The number of ether oxygens (including phenoxy) is 1. The van der Waals surface area contributed by atoms with Gasteiger partial charge < -0.3 is 10.1 Å². The number of nitrogens with zero attached hydrogens (tertiary/aromatic N) is 1. The van der Waals surface area contributed by atoms with Gasteiger partial charge in [0.05, 0.1) is 22.2 Å². The van der Waals surface area contributed by atoms with E-state index in [1.807, 2.05) is 6.07 Å². The minimum atomic E-state index is -1.11. The number of benzene rings is 2. The van der Waals surface area contributed by atoms with Crippen LogP contribution in [0.15, 0.2) is 42.5 Å². The molecule has 0 heterocycles. The highest BCUT2D eigenvalue weighted by molar-refractivity contribution is 6.33. The minimum absolute atomic E-state index is 0.0378. The van der Waals surface area contributed by atoms with Crippen molar-refractivity contribution in [2.24, 2.45) is 0 Å². The molecule has 0 fully saturated rings. The van der Waals surface area contributed by atoms with Gasteiger partial charge in [-0.1, -0.05) is 17.7 Å². The van der Waals surface area contributed by atoms with Gasteiger partial charge in [0, 0.05) is 5.69 Å². The summed E-state index contributed by atoms with van der Waals surface area (Å²) in [7, 11) is 0. The minimum Gasteiger partial charge on any atom is -0.449 e. The predicted molar refractivity (Wildman–Crippen MR) is 86.1 cm³/mol. The summed E-state index contributed by atoms with van der Waals surface area (Å²) >= 11 is 5.78. The van der Waals surface area contributed by atoms with Crippen molar-refractivity contribution in [3.63, 3.8) is 0 Å². The first-order valence-electron chi connectivity index (χ1n) is 6.88. The van der Waals surface area contributed by atoms with Crippen LogP contribution in [0.3, 0.4) is 0 Å². The second-order valence-electron chi connectivity index (χ2n) is 4.85. The molecule has 0 aliphatic heterocycles. The molecule has 0 aliphatic carbocycles. The summed E-state index contributed by atoms with van der Waals surface area (Å²) in [5.41, 5.74) is 0.751. The molecule has 1 atom stereocenters. The van der Waals surface area contributed by atoms with Crippen LogP contribution >= 0.6 is 11.6 Å². The Labute approximate surface area is 142 Å². The van der Waals surface area contributed by atoms with Crippen molar-refractivity contribution in [3.05, 3.63) is 64.4 Å². The molecule has 1 amide bonds. The summed E-state index contributed by atoms with van der Waals surface area (Å²) in [6, 6.07) is 11.5. The van der Waals surface area contributed by atoms with Gasteiger partial charge in [0.15, 0.2) is 6.10 Å². The van der Waals surface area contributed by atoms with Crippen LogP contribution in [0, 0.1) is 17.1 Å². The van der Waals surface area contributed by atoms with Crippen LogP contribution in [-0.4, -0.2) is 18.0 Å². The maximum atomic E-state index is 13.0. The zero-order valence-electron chi connectivity index (χ0n) is 12.5. The van der Waals surface area contributed by atoms with Crippen molar-refractivity contribution in [1.82, 2.24) is 0 Å². The van der Waals surface area contributed by atoms with Crippen LogP contribution in [0.2, 0.25) is 5.02 Å². The van der Waals surface area contributed by atoms with E-state index in [0.29, 0.717) is 11.3 Å². The summed E-state index contributed by atoms with van der Waals surface area (Å²) in [6.07, 6.45) is -1.11. The molecule has 0 saturated carbocycles. The average molecular weight is 347 g/mol. The Morgan fingerprint density at radius 1 is 1.29 bits per heavy atom. The Morgan fingerprint density at radius 2 is 2.04 bits per heavy atom. The summed E-state index contributed by atoms with van der Waals surface area (Å²) in [4.78, 5) is 24.0. The van der Waals surface area contributed by atoms with Gasteiger partial charge in [-0.15, -0.1) is 0 Å². The molecule has 2 aromatic rings. The Morgan fingerprint density at radius 3 is 2.71 bits per heavy atom. The third-order valence-corrected chi connectivity index (χ3v) is 3.38. The summed E-state index contributed by atoms with van der Waals surface area (Å²) in [6.45, 7) is 1.39. The molecule has 122 valence electrons. The molecule has 2 aromatic carbocycles. The number of hydrogen-bond acceptors (Lipinski definition) is 4. The third kappa shape index (κ3) is 4.31. The zero-order chi connectivity index (χ0) is 17.7. The van der Waals surface area contributed by atoms with E-state index in [2.05, 4.69) is 5.32 Å². The van der Waals surface area contributed by atoms with E-state index in [-0.39, 0.29) is 10.6 Å². The first kappa shape index (κ1) is 17.4. The number of esters is 1. The third-order valence-electron chi connectivity index (χ3n) is 3.06. The molecular formula is C17H12ClFN2O3. The van der Waals surface area contributed by atoms with E-state index in [1.165, 1.54) is 19.1 Å². The number of carbonyl (C=O) groups excluding carboxylic acids is 2. The van der Waals surface area contributed by atoms with E-state index >= 15 is 0 Å². The van der Waals surface area contributed by atoms with E-state index in [9.17, 15) is 14.0 Å². The fraction of sp³-hybridized carbons (Fsp3) is 0.118. The molecule has 0 radical (unpaired) electrons. The largest absolute Gasteiger partial charge is 0.449 e. The van der Waals surface area contributed by atoms with Crippen LogP contribution in [0.1, 0.15) is 22.8 Å². The molecule has 0 unspecified atom stereocenters. The molecular weight excluding hydrogens is 335 g/mol.